The van der Waals surface area contributed by atoms with E-state index in [0.717, 1.165) is 29.4 Å². The third kappa shape index (κ3) is 4.77. The first kappa shape index (κ1) is 22.0. The molecule has 0 aliphatic heterocycles. The zero-order chi connectivity index (χ0) is 22.8. The van der Waals surface area contributed by atoms with E-state index < -0.39 is 0 Å². The highest BCUT2D eigenvalue weighted by Gasteiger charge is 2.29. The van der Waals surface area contributed by atoms with E-state index in [9.17, 15) is 9.18 Å². The summed E-state index contributed by atoms with van der Waals surface area (Å²) in [6, 6.07) is 8.56. The summed E-state index contributed by atoms with van der Waals surface area (Å²) in [5, 5.41) is 12.9. The van der Waals surface area contributed by atoms with Gasteiger partial charge in [0.15, 0.2) is 16.1 Å². The Morgan fingerprint density at radius 3 is 2.97 bits per heavy atom. The summed E-state index contributed by atoms with van der Waals surface area (Å²) in [5.41, 5.74) is 1.58. The molecule has 7 nitrogen and oxygen atoms in total. The summed E-state index contributed by atoms with van der Waals surface area (Å²) >= 11 is 2.63. The van der Waals surface area contributed by atoms with Gasteiger partial charge in [0.05, 0.1) is 16.0 Å². The first-order valence-electron chi connectivity index (χ1n) is 10.9. The van der Waals surface area contributed by atoms with Crippen LogP contribution in [0, 0.1) is 11.7 Å². The molecule has 5 rings (SSSR count). The summed E-state index contributed by atoms with van der Waals surface area (Å²) in [7, 11) is 0. The Hall–Kier alpha value is -2.85. The first-order chi connectivity index (χ1) is 16.1. The zero-order valence-electron chi connectivity index (χ0n) is 18.1. The van der Waals surface area contributed by atoms with E-state index >= 15 is 0 Å². The van der Waals surface area contributed by atoms with Crippen molar-refractivity contribution in [3.63, 3.8) is 0 Å². The van der Waals surface area contributed by atoms with E-state index in [-0.39, 0.29) is 23.5 Å². The summed E-state index contributed by atoms with van der Waals surface area (Å²) in [4.78, 5) is 21.3. The lowest BCUT2D eigenvalue weighted by Crippen LogP contribution is -2.23. The molecule has 0 radical (unpaired) electrons. The molecule has 1 N–H and O–H groups in total. The van der Waals surface area contributed by atoms with Gasteiger partial charge in [0.1, 0.15) is 5.82 Å². The van der Waals surface area contributed by atoms with Crippen LogP contribution >= 0.6 is 23.1 Å². The van der Waals surface area contributed by atoms with Crippen molar-refractivity contribution in [3.8, 4) is 11.4 Å². The predicted molar refractivity (Wildman–Crippen MR) is 129 cm³/mol. The summed E-state index contributed by atoms with van der Waals surface area (Å²) in [6.45, 7) is 2.27. The number of hydrogen-bond acceptors (Lipinski definition) is 7. The fraction of sp³-hybridized carbons (Fsp3) is 0.348. The second kappa shape index (κ2) is 9.56. The second-order valence-electron chi connectivity index (χ2n) is 8.21. The quantitative estimate of drug-likeness (QED) is 0.362. The highest BCUT2D eigenvalue weighted by atomic mass is 32.2. The average molecular weight is 483 g/mol. The Balaban J connectivity index is 1.35. The number of hydrogen-bond donors (Lipinski definition) is 1. The maximum atomic E-state index is 13.4. The van der Waals surface area contributed by atoms with Crippen molar-refractivity contribution in [2.45, 2.75) is 43.8 Å². The molecular formula is C23H23FN6OS2. The van der Waals surface area contributed by atoms with Crippen LogP contribution in [0.1, 0.15) is 38.6 Å². The third-order valence-corrected chi connectivity index (χ3v) is 7.79. The molecule has 3 aromatic heterocycles. The van der Waals surface area contributed by atoms with Gasteiger partial charge in [-0.25, -0.2) is 9.37 Å². The largest absolute Gasteiger partial charge is 0.301 e. The molecule has 1 aliphatic rings. The number of thiazole rings is 1. The normalized spacial score (nSPS) is 18.5. The molecule has 1 fully saturated rings. The van der Waals surface area contributed by atoms with Crippen molar-refractivity contribution in [1.82, 2.24) is 24.7 Å². The van der Waals surface area contributed by atoms with Crippen LogP contribution in [0.15, 0.2) is 47.9 Å². The van der Waals surface area contributed by atoms with Crippen molar-refractivity contribution in [2.24, 2.45) is 5.92 Å². The number of anilines is 1. The standard InChI is InChI=1S/C23H23FN6OS2/c1-14-5-2-3-7-18(14)30-21(15-6-4-10-25-12-15)28-29-23(30)32-13-20(31)27-22-26-17-9-8-16(24)11-19(17)33-22/h4,6,8-12,14,18H,2-3,5,7,13H2,1H3,(H,26,27,31)/t14-,18-/m1/s1. The number of pyridine rings is 1. The van der Waals surface area contributed by atoms with Crippen LogP contribution in [-0.4, -0.2) is 36.4 Å². The summed E-state index contributed by atoms with van der Waals surface area (Å²) in [6.07, 6.45) is 8.17. The number of benzene rings is 1. The molecule has 3 heterocycles. The Kier molecular flexibility index (Phi) is 6.37. The molecule has 1 aromatic carbocycles. The molecule has 0 bridgehead atoms. The van der Waals surface area contributed by atoms with Gasteiger partial charge in [-0.2, -0.15) is 0 Å². The van der Waals surface area contributed by atoms with Crippen LogP contribution in [0.5, 0.6) is 0 Å². The topological polar surface area (TPSA) is 85.6 Å². The molecule has 0 saturated heterocycles. The van der Waals surface area contributed by atoms with E-state index in [2.05, 4.69) is 37.0 Å². The number of aromatic nitrogens is 5. The lowest BCUT2D eigenvalue weighted by atomic mass is 9.85. The lowest BCUT2D eigenvalue weighted by Gasteiger charge is -2.31. The maximum Gasteiger partial charge on any atom is 0.236 e. The number of thioether (sulfide) groups is 1. The zero-order valence-corrected chi connectivity index (χ0v) is 19.7. The molecule has 1 aliphatic carbocycles. The van der Waals surface area contributed by atoms with Gasteiger partial charge < -0.3 is 5.32 Å². The minimum atomic E-state index is -0.319. The van der Waals surface area contributed by atoms with Gasteiger partial charge in [-0.1, -0.05) is 42.9 Å². The molecule has 4 aromatic rings. The van der Waals surface area contributed by atoms with Crippen molar-refractivity contribution >= 4 is 44.4 Å². The van der Waals surface area contributed by atoms with E-state index in [4.69, 9.17) is 0 Å². The van der Waals surface area contributed by atoms with E-state index in [1.807, 2.05) is 12.1 Å². The van der Waals surface area contributed by atoms with Gasteiger partial charge in [0, 0.05) is 24.0 Å². The molecule has 10 heteroatoms. The SMILES string of the molecule is C[C@@H]1CCCC[C@H]1n1c(SCC(=O)Nc2nc3ccc(F)cc3s2)nnc1-c1cccnc1. The number of nitrogens with zero attached hydrogens (tertiary/aromatic N) is 5. The smallest absolute Gasteiger partial charge is 0.236 e. The Bertz CT molecular complexity index is 1270. The number of nitrogens with one attached hydrogen (secondary N) is 1. The van der Waals surface area contributed by atoms with Crippen molar-refractivity contribution in [2.75, 3.05) is 11.1 Å². The molecule has 2 atom stereocenters. The van der Waals surface area contributed by atoms with Crippen LogP contribution in [0.25, 0.3) is 21.6 Å². The Labute approximate surface area is 198 Å². The fourth-order valence-electron chi connectivity index (χ4n) is 4.28. The van der Waals surface area contributed by atoms with Gasteiger partial charge in [0.2, 0.25) is 5.91 Å². The van der Waals surface area contributed by atoms with Gasteiger partial charge in [-0.05, 0) is 49.1 Å². The third-order valence-electron chi connectivity index (χ3n) is 5.91. The maximum absolute atomic E-state index is 13.4. The Morgan fingerprint density at radius 1 is 1.27 bits per heavy atom. The minimum absolute atomic E-state index is 0.177. The molecule has 170 valence electrons. The van der Waals surface area contributed by atoms with E-state index in [1.165, 1.54) is 48.1 Å². The predicted octanol–water partition coefficient (Wildman–Crippen LogP) is 5.57. The number of carbonyl (C=O) groups is 1. The van der Waals surface area contributed by atoms with Gasteiger partial charge in [-0.15, -0.1) is 10.2 Å². The number of rotatable bonds is 6. The molecule has 0 spiro atoms. The lowest BCUT2D eigenvalue weighted by molar-refractivity contribution is -0.113. The molecule has 1 amide bonds. The van der Waals surface area contributed by atoms with Crippen molar-refractivity contribution in [3.05, 3.63) is 48.5 Å². The van der Waals surface area contributed by atoms with Crippen LogP contribution in [0.2, 0.25) is 0 Å². The molecule has 0 unspecified atom stereocenters. The monoisotopic (exact) mass is 482 g/mol. The van der Waals surface area contributed by atoms with Crippen molar-refractivity contribution in [1.29, 1.82) is 0 Å². The fourth-order valence-corrected chi connectivity index (χ4v) is 5.98. The van der Waals surface area contributed by atoms with Crippen LogP contribution in [0.3, 0.4) is 0 Å². The first-order valence-corrected chi connectivity index (χ1v) is 12.7. The van der Waals surface area contributed by atoms with Crippen LogP contribution in [0.4, 0.5) is 9.52 Å². The van der Waals surface area contributed by atoms with E-state index in [1.54, 1.807) is 18.5 Å². The minimum Gasteiger partial charge on any atom is -0.301 e. The molecule has 1 saturated carbocycles. The van der Waals surface area contributed by atoms with Gasteiger partial charge >= 0.3 is 0 Å². The highest BCUT2D eigenvalue weighted by molar-refractivity contribution is 7.99. The van der Waals surface area contributed by atoms with Crippen LogP contribution < -0.4 is 5.32 Å². The Morgan fingerprint density at radius 2 is 2.15 bits per heavy atom. The van der Waals surface area contributed by atoms with E-state index in [0.29, 0.717) is 21.3 Å². The summed E-state index contributed by atoms with van der Waals surface area (Å²) < 4.78 is 16.3. The van der Waals surface area contributed by atoms with Gasteiger partial charge in [-0.3, -0.25) is 14.3 Å². The molecular weight excluding hydrogens is 459 g/mol. The number of carbonyl (C=O) groups excluding carboxylic acids is 1. The van der Waals surface area contributed by atoms with Gasteiger partial charge in [0.25, 0.3) is 0 Å². The average Bonchev–Trinajstić information content (AvgIpc) is 3.42. The van der Waals surface area contributed by atoms with Crippen LogP contribution in [-0.2, 0) is 4.79 Å². The highest BCUT2D eigenvalue weighted by Crippen LogP contribution is 2.39. The number of amides is 1. The summed E-state index contributed by atoms with van der Waals surface area (Å²) in [5.74, 6) is 0.963. The van der Waals surface area contributed by atoms with Crippen molar-refractivity contribution < 1.29 is 9.18 Å². The number of halogens is 1. The second-order valence-corrected chi connectivity index (χ2v) is 10.2. The molecule has 33 heavy (non-hydrogen) atoms. The number of fused-ring (bicyclic) bond motifs is 1.